The van der Waals surface area contributed by atoms with Gasteiger partial charge in [-0.15, -0.1) is 0 Å². The van der Waals surface area contributed by atoms with Gasteiger partial charge in [0.15, 0.2) is 0 Å². The molecule has 2 nitrogen and oxygen atoms in total. The summed E-state index contributed by atoms with van der Waals surface area (Å²) >= 11 is 0. The predicted octanol–water partition coefficient (Wildman–Crippen LogP) is 27.4. The predicted molar refractivity (Wildman–Crippen MR) is 456 cm³/mol. The van der Waals surface area contributed by atoms with Crippen LogP contribution >= 0.6 is 0 Å². The number of fused-ring (bicyclic) bond motifs is 12. The van der Waals surface area contributed by atoms with Crippen molar-refractivity contribution in [1.82, 2.24) is 0 Å². The SMILES string of the molecule is CC1(C)c2ccccc2-c2ccc(N(c3cccc(-c4cccc(-c5cccc(C6(c7ccccc7)c7ccccc7-c7ccc(N(c8ccccc8)c8ccc9c(c8)C(c8ccccc8)(c8ccccc8)c8ccccc8-9)cc76)c5)c4)c3)c3ccc4c(c3)C(c3ccccc3)(c3ccccc3)c3ccccc3-4)cc21. The van der Waals surface area contributed by atoms with Crippen LogP contribution in [0.25, 0.3) is 66.8 Å². The lowest BCUT2D eigenvalue weighted by Crippen LogP contribution is -2.29. The smallest absolute Gasteiger partial charge is 0.0714 e. The molecule has 1 unspecified atom stereocenters. The molecule has 0 saturated carbocycles. The normalized spacial score (nSPS) is 15.1. The van der Waals surface area contributed by atoms with Gasteiger partial charge in [0.25, 0.3) is 0 Å². The summed E-state index contributed by atoms with van der Waals surface area (Å²) in [7, 11) is 0. The number of hydrogen-bond donors (Lipinski definition) is 0. The first-order chi connectivity index (χ1) is 54.3. The molecule has 0 saturated heterocycles. The Bertz CT molecular complexity index is 6360. The van der Waals surface area contributed by atoms with E-state index in [1.807, 2.05) is 0 Å². The number of benzene rings is 17. The second-order valence-electron chi connectivity index (χ2n) is 30.5. The van der Waals surface area contributed by atoms with Gasteiger partial charge in [-0.1, -0.05) is 354 Å². The van der Waals surface area contributed by atoms with E-state index in [-0.39, 0.29) is 5.41 Å². The van der Waals surface area contributed by atoms with E-state index in [9.17, 15) is 0 Å². The van der Waals surface area contributed by atoms with Crippen LogP contribution in [0.3, 0.4) is 0 Å². The lowest BCUT2D eigenvalue weighted by molar-refractivity contribution is 0.660. The first-order valence-corrected chi connectivity index (χ1v) is 38.5. The van der Waals surface area contributed by atoms with Gasteiger partial charge >= 0.3 is 0 Å². The van der Waals surface area contributed by atoms with E-state index >= 15 is 0 Å². The van der Waals surface area contributed by atoms with Crippen molar-refractivity contribution >= 4 is 34.1 Å². The Labute approximate surface area is 644 Å². The molecule has 2 heteroatoms. The highest BCUT2D eigenvalue weighted by molar-refractivity contribution is 5.95. The molecule has 0 N–H and O–H groups in total. The lowest BCUT2D eigenvalue weighted by atomic mass is 9.67. The van der Waals surface area contributed by atoms with Crippen LogP contribution in [0.15, 0.2) is 425 Å². The molecule has 17 aromatic carbocycles. The molecule has 0 radical (unpaired) electrons. The van der Waals surface area contributed by atoms with Crippen LogP contribution in [-0.4, -0.2) is 0 Å². The van der Waals surface area contributed by atoms with Gasteiger partial charge in [-0.25, -0.2) is 0 Å². The Morgan fingerprint density at radius 1 is 0.155 bits per heavy atom. The third-order valence-electron chi connectivity index (χ3n) is 24.7. The van der Waals surface area contributed by atoms with Crippen LogP contribution in [-0.2, 0) is 21.7 Å². The molecule has 0 bridgehead atoms. The Morgan fingerprint density at radius 3 is 0.800 bits per heavy atom. The van der Waals surface area contributed by atoms with Crippen LogP contribution in [0, 0.1) is 0 Å². The van der Waals surface area contributed by atoms with Crippen LogP contribution in [0.2, 0.25) is 0 Å². The molecule has 0 fully saturated rings. The van der Waals surface area contributed by atoms with E-state index < -0.39 is 16.2 Å². The Morgan fingerprint density at radius 2 is 0.400 bits per heavy atom. The maximum atomic E-state index is 2.51. The maximum Gasteiger partial charge on any atom is 0.0714 e. The molecular weight excluding hydrogens is 1330 g/mol. The zero-order valence-corrected chi connectivity index (χ0v) is 61.3. The van der Waals surface area contributed by atoms with E-state index in [4.69, 9.17) is 0 Å². The molecule has 0 spiro atoms. The molecular formula is C108H76N2. The van der Waals surface area contributed by atoms with E-state index in [2.05, 4.69) is 448 Å². The first kappa shape index (κ1) is 64.7. The van der Waals surface area contributed by atoms with Crippen molar-refractivity contribution in [3.05, 3.63) is 503 Å². The second kappa shape index (κ2) is 25.5. The summed E-state index contributed by atoms with van der Waals surface area (Å²) in [5, 5.41) is 0. The molecule has 0 aromatic heterocycles. The van der Waals surface area contributed by atoms with Gasteiger partial charge in [0.05, 0.1) is 16.2 Å². The summed E-state index contributed by atoms with van der Waals surface area (Å²) in [6.07, 6.45) is 0. The van der Waals surface area contributed by atoms with E-state index in [0.717, 1.165) is 56.4 Å². The van der Waals surface area contributed by atoms with Crippen LogP contribution < -0.4 is 9.80 Å². The highest BCUT2D eigenvalue weighted by atomic mass is 15.1. The number of nitrogens with zero attached hydrogens (tertiary/aromatic N) is 2. The quantitative estimate of drug-likeness (QED) is 0.107. The maximum absolute atomic E-state index is 2.51. The Balaban J connectivity index is 0.705. The summed E-state index contributed by atoms with van der Waals surface area (Å²) in [5.41, 5.74) is 36.8. The molecule has 0 amide bonds. The zero-order valence-electron chi connectivity index (χ0n) is 61.3. The lowest BCUT2D eigenvalue weighted by Gasteiger charge is -2.36. The third-order valence-corrected chi connectivity index (χ3v) is 24.7. The fourth-order valence-electron chi connectivity index (χ4n) is 20.0. The van der Waals surface area contributed by atoms with Gasteiger partial charge < -0.3 is 9.80 Å². The topological polar surface area (TPSA) is 6.48 Å². The van der Waals surface area contributed by atoms with E-state index in [1.165, 1.54) is 122 Å². The highest BCUT2D eigenvalue weighted by Crippen LogP contribution is 2.62. The summed E-state index contributed by atoms with van der Waals surface area (Å²) in [4.78, 5) is 5.00. The van der Waals surface area contributed by atoms with Crippen molar-refractivity contribution in [2.45, 2.75) is 35.5 Å². The van der Waals surface area contributed by atoms with Gasteiger partial charge in [0, 0.05) is 39.5 Å². The van der Waals surface area contributed by atoms with E-state index in [1.54, 1.807) is 0 Å². The fourth-order valence-corrected chi connectivity index (χ4v) is 20.0. The number of anilines is 6. The first-order valence-electron chi connectivity index (χ1n) is 38.5. The second-order valence-corrected chi connectivity index (χ2v) is 30.5. The van der Waals surface area contributed by atoms with Gasteiger partial charge in [-0.3, -0.25) is 0 Å². The van der Waals surface area contributed by atoms with Crippen LogP contribution in [0.4, 0.5) is 34.1 Å². The number of hydrogen-bond acceptors (Lipinski definition) is 2. The minimum absolute atomic E-state index is 0.209. The molecule has 21 rings (SSSR count). The molecule has 0 heterocycles. The molecule has 4 aliphatic carbocycles. The van der Waals surface area contributed by atoms with Gasteiger partial charge in [0.1, 0.15) is 0 Å². The molecule has 17 aromatic rings. The molecule has 4 aliphatic rings. The number of rotatable bonds is 14. The van der Waals surface area contributed by atoms with Crippen LogP contribution in [0.1, 0.15) is 91.7 Å². The molecule has 110 heavy (non-hydrogen) atoms. The minimum Gasteiger partial charge on any atom is -0.310 e. The molecule has 1 atom stereocenters. The van der Waals surface area contributed by atoms with Crippen molar-refractivity contribution in [2.24, 2.45) is 0 Å². The summed E-state index contributed by atoms with van der Waals surface area (Å²) in [5.74, 6) is 0. The summed E-state index contributed by atoms with van der Waals surface area (Å²) in [6, 6.07) is 160. The van der Waals surface area contributed by atoms with Gasteiger partial charge in [-0.2, -0.15) is 0 Å². The number of para-hydroxylation sites is 1. The van der Waals surface area contributed by atoms with Gasteiger partial charge in [0.2, 0.25) is 0 Å². The van der Waals surface area contributed by atoms with Gasteiger partial charge in [-0.05, 0) is 230 Å². The Kier molecular flexibility index (Phi) is 15.0. The Hall–Kier alpha value is -13.7. The molecule has 0 aliphatic heterocycles. The van der Waals surface area contributed by atoms with Crippen molar-refractivity contribution in [2.75, 3.05) is 9.80 Å². The van der Waals surface area contributed by atoms with Crippen molar-refractivity contribution in [3.63, 3.8) is 0 Å². The standard InChI is InChI=1S/C108H76N2/c1-105(2)97-54-25-21-50-89(97)93-62-58-85(69-101(93)105)110(88-61-65-95-91-52-23-27-56-99(91)107(103(95)72-88,79-40-13-5-14-41-79)80-42-15-6-16-43-80)84-49-31-35-76(68-84)74-33-29-32-73(66-74)75-34-30-46-82(67-75)108(81-44-17-7-18-45-81)100-57-28-24-53-92(100)96-64-60-87(71-104(96)108)109(83-47-19-8-20-48-83)86-59-63-94-90-51-22-26-55-98(90)106(102(94)70-86,77-36-9-3-10-37-77)78-38-11-4-12-39-78/h3-72H,1-2H3. The van der Waals surface area contributed by atoms with E-state index in [0.29, 0.717) is 0 Å². The minimum atomic E-state index is -0.718. The highest BCUT2D eigenvalue weighted by Gasteiger charge is 2.50. The fraction of sp³-hybridized carbons (Fsp3) is 0.0556. The van der Waals surface area contributed by atoms with Crippen molar-refractivity contribution in [1.29, 1.82) is 0 Å². The summed E-state index contributed by atoms with van der Waals surface area (Å²) < 4.78 is 0. The average molecular weight is 1400 g/mol. The van der Waals surface area contributed by atoms with Crippen molar-refractivity contribution in [3.8, 4) is 66.8 Å². The third kappa shape index (κ3) is 9.62. The molecule has 518 valence electrons. The van der Waals surface area contributed by atoms with Crippen LogP contribution in [0.5, 0.6) is 0 Å². The monoisotopic (exact) mass is 1400 g/mol. The largest absolute Gasteiger partial charge is 0.310 e. The average Bonchev–Trinajstić information content (AvgIpc) is 1.53. The summed E-state index contributed by atoms with van der Waals surface area (Å²) in [6.45, 7) is 4.77. The van der Waals surface area contributed by atoms with Crippen molar-refractivity contribution < 1.29 is 0 Å². The zero-order chi connectivity index (χ0) is 73.1.